The Hall–Kier alpha value is -4.50. The number of hydrazine groups is 1. The molecule has 8 nitrogen and oxygen atoms in total. The van der Waals surface area contributed by atoms with Crippen molar-refractivity contribution in [1.29, 1.82) is 0 Å². The number of imide groups is 2. The smallest absolute Gasteiger partial charge is 0.260 e. The van der Waals surface area contributed by atoms with Crippen LogP contribution in [0.25, 0.3) is 0 Å². The molecule has 236 valence electrons. The fraction of sp³-hybridized carbons (Fsp3) is 0.333. The molecule has 10 heteroatoms. The van der Waals surface area contributed by atoms with Crippen molar-refractivity contribution >= 4 is 40.9 Å². The maximum Gasteiger partial charge on any atom is 0.260 e. The molecule has 6 atom stereocenters. The zero-order chi connectivity index (χ0) is 32.7. The van der Waals surface area contributed by atoms with E-state index in [0.717, 1.165) is 10.6 Å². The summed E-state index contributed by atoms with van der Waals surface area (Å²) < 4.78 is 13.8. The lowest BCUT2D eigenvalue weighted by Gasteiger charge is -2.50. The van der Waals surface area contributed by atoms with Crippen molar-refractivity contribution in [3.63, 3.8) is 0 Å². The summed E-state index contributed by atoms with van der Waals surface area (Å²) in [6.45, 7) is 5.48. The highest BCUT2D eigenvalue weighted by atomic mass is 35.5. The van der Waals surface area contributed by atoms with Gasteiger partial charge in [-0.2, -0.15) is 5.01 Å². The number of halogens is 2. The molecule has 2 N–H and O–H groups in total. The number of allylic oxidation sites excluding steroid dienone is 2. The quantitative estimate of drug-likeness (QED) is 0.269. The Morgan fingerprint density at radius 2 is 1.61 bits per heavy atom. The molecule has 2 heterocycles. The molecule has 7 rings (SSSR count). The Kier molecular flexibility index (Phi) is 6.90. The van der Waals surface area contributed by atoms with E-state index < -0.39 is 58.2 Å². The number of hydrogen-bond acceptors (Lipinski definition) is 6. The Labute approximate surface area is 270 Å². The van der Waals surface area contributed by atoms with E-state index in [1.54, 1.807) is 36.4 Å². The van der Waals surface area contributed by atoms with Crippen LogP contribution in [0.2, 0.25) is 5.02 Å². The van der Waals surface area contributed by atoms with Crippen molar-refractivity contribution in [2.75, 3.05) is 5.43 Å². The van der Waals surface area contributed by atoms with Crippen LogP contribution in [0.1, 0.15) is 50.7 Å². The van der Waals surface area contributed by atoms with Gasteiger partial charge in [-0.15, -0.1) is 0 Å². The first-order chi connectivity index (χ1) is 21.8. The first kappa shape index (κ1) is 30.2. The number of phenols is 1. The number of aromatic hydroxyl groups is 1. The van der Waals surface area contributed by atoms with Gasteiger partial charge in [-0.3, -0.25) is 29.5 Å². The molecule has 0 spiro atoms. The molecule has 2 aliphatic heterocycles. The third-order valence-corrected chi connectivity index (χ3v) is 10.4. The fourth-order valence-electron chi connectivity index (χ4n) is 8.40. The molecular weight excluding hydrogens is 609 g/mol. The van der Waals surface area contributed by atoms with Crippen LogP contribution in [0, 0.1) is 29.5 Å². The monoisotopic (exact) mass is 641 g/mol. The van der Waals surface area contributed by atoms with Crippen molar-refractivity contribution < 1.29 is 28.7 Å². The summed E-state index contributed by atoms with van der Waals surface area (Å²) in [5, 5.41) is 12.1. The number of hydrogen-bond donors (Lipinski definition) is 2. The van der Waals surface area contributed by atoms with E-state index in [9.17, 15) is 23.9 Å². The number of anilines is 1. The molecular formula is C36H33ClFN3O5. The molecule has 0 aromatic heterocycles. The number of carbonyl (C=O) groups is 4. The summed E-state index contributed by atoms with van der Waals surface area (Å²) in [6.07, 6.45) is 2.43. The summed E-state index contributed by atoms with van der Waals surface area (Å²) in [6, 6.07) is 18.8. The van der Waals surface area contributed by atoms with E-state index in [1.807, 2.05) is 32.9 Å². The van der Waals surface area contributed by atoms with Crippen LogP contribution in [-0.2, 0) is 24.6 Å². The lowest BCUT2D eigenvalue weighted by atomic mass is 9.49. The second-order valence-electron chi connectivity index (χ2n) is 13.7. The molecule has 1 saturated carbocycles. The SMILES string of the molecule is CC(C)(C)N1C(=O)[C@H]2[C@H](CC=C3[C@H]2C[C@H]2C(=O)N(Nc4ccc(F)cc4)C(=O)[C@@]2(c2ccc(Cl)cc2)[C@H]3c2cccc(O)c2)C1=O. The standard InChI is InChI=1S/C36H33ClFN3O5/c1-35(2,3)40-31(43)26-16-15-25-27(29(26)33(40)45)18-28-32(44)41(39-23-13-11-22(38)12-14-23)34(46)36(28,20-7-9-21(37)10-8-20)30(25)19-5-4-6-24(42)17-19/h4-15,17,26-30,39,42H,16,18H2,1-3H3/t26-,27+,28-,29-,30-,36+/m0/s1. The molecule has 3 aromatic carbocycles. The third-order valence-electron chi connectivity index (χ3n) is 10.1. The summed E-state index contributed by atoms with van der Waals surface area (Å²) in [5.74, 6) is -5.50. The summed E-state index contributed by atoms with van der Waals surface area (Å²) in [7, 11) is 0. The summed E-state index contributed by atoms with van der Waals surface area (Å²) >= 11 is 6.31. The van der Waals surface area contributed by atoms with Gasteiger partial charge in [-0.05, 0) is 99.2 Å². The number of nitrogens with zero attached hydrogens (tertiary/aromatic N) is 2. The van der Waals surface area contributed by atoms with Gasteiger partial charge < -0.3 is 5.11 Å². The topological polar surface area (TPSA) is 107 Å². The zero-order valence-electron chi connectivity index (χ0n) is 25.5. The predicted molar refractivity (Wildman–Crippen MR) is 169 cm³/mol. The molecule has 3 aromatic rings. The maximum atomic E-state index is 15.0. The van der Waals surface area contributed by atoms with E-state index >= 15 is 4.79 Å². The number of rotatable bonds is 4. The van der Waals surface area contributed by atoms with Gasteiger partial charge in [0.25, 0.3) is 11.8 Å². The third kappa shape index (κ3) is 4.31. The van der Waals surface area contributed by atoms with Gasteiger partial charge in [0.2, 0.25) is 11.8 Å². The molecule has 4 amide bonds. The Morgan fingerprint density at radius 3 is 2.26 bits per heavy atom. The molecule has 0 bridgehead atoms. The van der Waals surface area contributed by atoms with Gasteiger partial charge >= 0.3 is 0 Å². The highest BCUT2D eigenvalue weighted by Crippen LogP contribution is 2.64. The van der Waals surface area contributed by atoms with Crippen molar-refractivity contribution in [2.45, 2.75) is 50.5 Å². The Balaban J connectivity index is 1.45. The number of amides is 4. The average Bonchev–Trinajstić information content (AvgIpc) is 3.39. The van der Waals surface area contributed by atoms with E-state index in [0.29, 0.717) is 28.3 Å². The van der Waals surface area contributed by atoms with Crippen molar-refractivity contribution in [3.8, 4) is 5.75 Å². The molecule has 0 radical (unpaired) electrons. The molecule has 2 aliphatic carbocycles. The van der Waals surface area contributed by atoms with Gasteiger partial charge in [0.05, 0.1) is 28.9 Å². The first-order valence-electron chi connectivity index (χ1n) is 15.4. The van der Waals surface area contributed by atoms with Crippen molar-refractivity contribution in [1.82, 2.24) is 9.91 Å². The Bertz CT molecular complexity index is 1820. The van der Waals surface area contributed by atoms with Crippen LogP contribution in [-0.4, -0.2) is 44.2 Å². The van der Waals surface area contributed by atoms with Crippen LogP contribution in [0.4, 0.5) is 10.1 Å². The second kappa shape index (κ2) is 10.5. The van der Waals surface area contributed by atoms with Gasteiger partial charge in [-0.25, -0.2) is 4.39 Å². The zero-order valence-corrected chi connectivity index (χ0v) is 26.3. The minimum Gasteiger partial charge on any atom is -0.508 e. The number of benzene rings is 3. The highest BCUT2D eigenvalue weighted by molar-refractivity contribution is 6.30. The number of carbonyl (C=O) groups excluding carboxylic acids is 4. The van der Waals surface area contributed by atoms with Crippen LogP contribution in [0.15, 0.2) is 84.4 Å². The van der Waals surface area contributed by atoms with Crippen LogP contribution in [0.3, 0.4) is 0 Å². The predicted octanol–water partition coefficient (Wildman–Crippen LogP) is 5.97. The Morgan fingerprint density at radius 1 is 0.913 bits per heavy atom. The lowest BCUT2D eigenvalue weighted by Crippen LogP contribution is -2.53. The number of likely N-dealkylation sites (tertiary alicyclic amines) is 1. The van der Waals surface area contributed by atoms with Gasteiger partial charge in [0.15, 0.2) is 0 Å². The van der Waals surface area contributed by atoms with Gasteiger partial charge in [0.1, 0.15) is 11.6 Å². The van der Waals surface area contributed by atoms with Crippen molar-refractivity contribution in [3.05, 3.63) is 106 Å². The lowest BCUT2D eigenvalue weighted by molar-refractivity contribution is -0.146. The largest absolute Gasteiger partial charge is 0.508 e. The minimum atomic E-state index is -1.49. The highest BCUT2D eigenvalue weighted by Gasteiger charge is 2.70. The fourth-order valence-corrected chi connectivity index (χ4v) is 8.52. The number of nitrogens with one attached hydrogen (secondary N) is 1. The molecule has 46 heavy (non-hydrogen) atoms. The maximum absolute atomic E-state index is 15.0. The molecule has 2 saturated heterocycles. The van der Waals surface area contributed by atoms with Gasteiger partial charge in [0, 0.05) is 16.5 Å². The van der Waals surface area contributed by atoms with Crippen molar-refractivity contribution in [2.24, 2.45) is 23.7 Å². The van der Waals surface area contributed by atoms with E-state index in [2.05, 4.69) is 5.43 Å². The van der Waals surface area contributed by atoms with E-state index in [1.165, 1.54) is 35.2 Å². The molecule has 0 unspecified atom stereocenters. The van der Waals surface area contributed by atoms with Gasteiger partial charge in [-0.1, -0.05) is 47.5 Å². The number of phenolic OH excluding ortho intramolecular Hbond substituents is 1. The normalized spacial score (nSPS) is 29.0. The summed E-state index contributed by atoms with van der Waals surface area (Å²) in [4.78, 5) is 58.7. The molecule has 3 fully saturated rings. The summed E-state index contributed by atoms with van der Waals surface area (Å²) in [5.41, 5.74) is 3.00. The van der Waals surface area contributed by atoms with Crippen LogP contribution < -0.4 is 5.43 Å². The average molecular weight is 642 g/mol. The van der Waals surface area contributed by atoms with E-state index in [-0.39, 0.29) is 24.0 Å². The minimum absolute atomic E-state index is 0.0131. The van der Waals surface area contributed by atoms with E-state index in [4.69, 9.17) is 11.6 Å². The molecule has 4 aliphatic rings. The van der Waals surface area contributed by atoms with Crippen LogP contribution in [0.5, 0.6) is 5.75 Å². The van der Waals surface area contributed by atoms with Crippen LogP contribution >= 0.6 is 11.6 Å². The number of fused-ring (bicyclic) bond motifs is 4. The first-order valence-corrected chi connectivity index (χ1v) is 15.7. The second-order valence-corrected chi connectivity index (χ2v) is 14.1.